The second-order valence-corrected chi connectivity index (χ2v) is 7.60. The molecule has 6 rings (SSSR count). The molecule has 10 nitrogen and oxygen atoms in total. The first-order valence-electron chi connectivity index (χ1n) is 10.2. The number of fused-ring (bicyclic) bond motifs is 3. The quantitative estimate of drug-likeness (QED) is 0.433. The minimum absolute atomic E-state index is 0.0281. The number of rotatable bonds is 3. The zero-order valence-corrected chi connectivity index (χ0v) is 17.2. The van der Waals surface area contributed by atoms with Gasteiger partial charge in [-0.05, 0) is 31.2 Å². The maximum Gasteiger partial charge on any atom is 0.247 e. The molecule has 1 aliphatic rings. The van der Waals surface area contributed by atoms with Crippen LogP contribution in [0.1, 0.15) is 5.76 Å². The van der Waals surface area contributed by atoms with Gasteiger partial charge < -0.3 is 9.42 Å². The summed E-state index contributed by atoms with van der Waals surface area (Å²) in [5.41, 5.74) is 2.52. The summed E-state index contributed by atoms with van der Waals surface area (Å²) in [5.74, 6) is 2.03. The molecule has 0 bridgehead atoms. The number of piperazine rings is 1. The highest BCUT2D eigenvalue weighted by Crippen LogP contribution is 2.30. The predicted molar refractivity (Wildman–Crippen MR) is 117 cm³/mol. The average Bonchev–Trinajstić information content (AvgIpc) is 3.45. The molecule has 1 aliphatic heterocycles. The highest BCUT2D eigenvalue weighted by Gasteiger charge is 2.29. The van der Waals surface area contributed by atoms with E-state index in [4.69, 9.17) is 9.51 Å². The summed E-state index contributed by atoms with van der Waals surface area (Å²) in [4.78, 5) is 25.9. The highest BCUT2D eigenvalue weighted by atomic mass is 16.5. The third kappa shape index (κ3) is 2.88. The monoisotopic (exact) mass is 426 g/mol. The van der Waals surface area contributed by atoms with Crippen molar-refractivity contribution in [2.45, 2.75) is 6.92 Å². The highest BCUT2D eigenvalue weighted by molar-refractivity contribution is 6.00. The summed E-state index contributed by atoms with van der Waals surface area (Å²) in [6.07, 6.45) is 1.69. The largest absolute Gasteiger partial charge is 0.361 e. The van der Waals surface area contributed by atoms with Crippen LogP contribution in [0.5, 0.6) is 0 Å². The number of aromatic nitrogens is 6. The Balaban J connectivity index is 1.45. The fourth-order valence-corrected chi connectivity index (χ4v) is 4.04. The van der Waals surface area contributed by atoms with Crippen LogP contribution in [0.3, 0.4) is 0 Å². The van der Waals surface area contributed by atoms with Gasteiger partial charge in [0.15, 0.2) is 11.3 Å². The van der Waals surface area contributed by atoms with E-state index in [1.54, 1.807) is 21.7 Å². The topological polar surface area (TPSA) is 106 Å². The number of carbonyl (C=O) groups excluding carboxylic acids is 1. The van der Waals surface area contributed by atoms with Crippen LogP contribution in [0.2, 0.25) is 0 Å². The Labute approximate surface area is 182 Å². The van der Waals surface area contributed by atoms with Crippen LogP contribution in [-0.4, -0.2) is 55.5 Å². The summed E-state index contributed by atoms with van der Waals surface area (Å²) in [7, 11) is 0. The molecule has 0 saturated carbocycles. The lowest BCUT2D eigenvalue weighted by Gasteiger charge is -2.34. The second-order valence-electron chi connectivity index (χ2n) is 7.60. The number of para-hydroxylation sites is 1. The van der Waals surface area contributed by atoms with Crippen molar-refractivity contribution < 1.29 is 9.32 Å². The number of hydrogen-bond acceptors (Lipinski definition) is 8. The predicted octanol–water partition coefficient (Wildman–Crippen LogP) is 2.49. The minimum Gasteiger partial charge on any atom is -0.361 e. The first kappa shape index (κ1) is 18.4. The third-order valence-electron chi connectivity index (χ3n) is 5.55. The van der Waals surface area contributed by atoms with E-state index in [0.717, 1.165) is 10.9 Å². The molecule has 0 atom stereocenters. The van der Waals surface area contributed by atoms with Crippen LogP contribution < -0.4 is 9.80 Å². The standard InChI is InChI=1S/C22H18N8O2/c1-14-12-16(26-32-14)20-22-24-21(15-6-2-3-7-17(15)30(22)27-25-20)28-10-11-29(19(31)13-28)18-8-4-5-9-23-18/h2-9,12H,10-11,13H2,1H3. The zero-order chi connectivity index (χ0) is 21.7. The molecule has 1 aromatic carbocycles. The van der Waals surface area contributed by atoms with Gasteiger partial charge in [-0.1, -0.05) is 28.6 Å². The van der Waals surface area contributed by atoms with Crippen molar-refractivity contribution in [2.75, 3.05) is 29.4 Å². The molecule has 0 unspecified atom stereocenters. The normalized spacial score (nSPS) is 14.6. The Kier molecular flexibility index (Phi) is 4.10. The first-order valence-corrected chi connectivity index (χ1v) is 10.2. The lowest BCUT2D eigenvalue weighted by Crippen LogP contribution is -2.51. The van der Waals surface area contributed by atoms with Crippen molar-refractivity contribution in [2.24, 2.45) is 0 Å². The third-order valence-corrected chi connectivity index (χ3v) is 5.55. The molecule has 5 heterocycles. The van der Waals surface area contributed by atoms with Gasteiger partial charge in [0.05, 0.1) is 12.1 Å². The van der Waals surface area contributed by atoms with Crippen LogP contribution in [0.25, 0.3) is 27.9 Å². The van der Waals surface area contributed by atoms with Gasteiger partial charge in [0, 0.05) is 30.7 Å². The van der Waals surface area contributed by atoms with Crippen molar-refractivity contribution in [1.29, 1.82) is 0 Å². The number of aryl methyl sites for hydroxylation is 1. The molecule has 0 spiro atoms. The van der Waals surface area contributed by atoms with E-state index in [2.05, 4.69) is 20.5 Å². The van der Waals surface area contributed by atoms with Crippen molar-refractivity contribution in [1.82, 2.24) is 30.0 Å². The van der Waals surface area contributed by atoms with Gasteiger partial charge in [-0.25, -0.2) is 9.97 Å². The number of carbonyl (C=O) groups is 1. The molecule has 158 valence electrons. The SMILES string of the molecule is Cc1cc(-c2nnn3c2nc(N2CCN(c4ccccn4)C(=O)C2)c2ccccc23)no1. The summed E-state index contributed by atoms with van der Waals surface area (Å²) >= 11 is 0. The van der Waals surface area contributed by atoms with Crippen molar-refractivity contribution >= 4 is 34.1 Å². The lowest BCUT2D eigenvalue weighted by atomic mass is 10.2. The maximum atomic E-state index is 13.0. The smallest absolute Gasteiger partial charge is 0.247 e. The van der Waals surface area contributed by atoms with Crippen LogP contribution in [0.15, 0.2) is 59.3 Å². The number of nitrogens with zero attached hydrogens (tertiary/aromatic N) is 8. The van der Waals surface area contributed by atoms with E-state index in [1.807, 2.05) is 54.3 Å². The Morgan fingerprint density at radius 2 is 1.94 bits per heavy atom. The molecule has 32 heavy (non-hydrogen) atoms. The Bertz CT molecular complexity index is 1460. The van der Waals surface area contributed by atoms with Gasteiger partial charge in [0.1, 0.15) is 23.1 Å². The summed E-state index contributed by atoms with van der Waals surface area (Å²) in [6.45, 7) is 3.16. The average molecular weight is 426 g/mol. The van der Waals surface area contributed by atoms with Gasteiger partial charge in [0.25, 0.3) is 0 Å². The second kappa shape index (κ2) is 7.12. The fourth-order valence-electron chi connectivity index (χ4n) is 4.04. The molecule has 1 fully saturated rings. The molecule has 1 saturated heterocycles. The molecular formula is C22H18N8O2. The van der Waals surface area contributed by atoms with Crippen molar-refractivity contribution in [3.63, 3.8) is 0 Å². The fraction of sp³-hybridized carbons (Fsp3) is 0.182. The lowest BCUT2D eigenvalue weighted by molar-refractivity contribution is -0.118. The number of benzene rings is 1. The van der Waals surface area contributed by atoms with Gasteiger partial charge in [0.2, 0.25) is 5.91 Å². The van der Waals surface area contributed by atoms with E-state index in [1.165, 1.54) is 0 Å². The molecule has 0 N–H and O–H groups in total. The van der Waals surface area contributed by atoms with Crippen LogP contribution in [0, 0.1) is 6.92 Å². The molecule has 1 amide bonds. The minimum atomic E-state index is -0.0281. The Morgan fingerprint density at radius 3 is 2.72 bits per heavy atom. The Morgan fingerprint density at radius 1 is 1.06 bits per heavy atom. The van der Waals surface area contributed by atoms with E-state index < -0.39 is 0 Å². The molecule has 4 aromatic heterocycles. The summed E-state index contributed by atoms with van der Waals surface area (Å²) in [6, 6.07) is 15.2. The van der Waals surface area contributed by atoms with Crippen LogP contribution in [0.4, 0.5) is 11.6 Å². The first-order chi connectivity index (χ1) is 15.7. The maximum absolute atomic E-state index is 13.0. The number of hydrogen-bond donors (Lipinski definition) is 0. The molecule has 0 radical (unpaired) electrons. The van der Waals surface area contributed by atoms with Crippen LogP contribution >= 0.6 is 0 Å². The molecular weight excluding hydrogens is 408 g/mol. The molecule has 10 heteroatoms. The van der Waals surface area contributed by atoms with Crippen molar-refractivity contribution in [3.05, 3.63) is 60.5 Å². The van der Waals surface area contributed by atoms with Gasteiger partial charge in [-0.2, -0.15) is 4.52 Å². The van der Waals surface area contributed by atoms with Gasteiger partial charge in [-0.3, -0.25) is 9.69 Å². The zero-order valence-electron chi connectivity index (χ0n) is 17.2. The molecule has 5 aromatic rings. The van der Waals surface area contributed by atoms with E-state index in [0.29, 0.717) is 47.5 Å². The van der Waals surface area contributed by atoms with E-state index in [-0.39, 0.29) is 12.5 Å². The number of anilines is 2. The van der Waals surface area contributed by atoms with Gasteiger partial charge in [-0.15, -0.1) is 5.10 Å². The summed E-state index contributed by atoms with van der Waals surface area (Å²) < 4.78 is 6.92. The summed E-state index contributed by atoms with van der Waals surface area (Å²) in [5, 5.41) is 13.6. The van der Waals surface area contributed by atoms with Crippen LogP contribution in [-0.2, 0) is 4.79 Å². The van der Waals surface area contributed by atoms with E-state index in [9.17, 15) is 4.79 Å². The number of amides is 1. The number of pyridine rings is 1. The van der Waals surface area contributed by atoms with Gasteiger partial charge >= 0.3 is 0 Å². The van der Waals surface area contributed by atoms with Crippen molar-refractivity contribution in [3.8, 4) is 11.4 Å². The molecule has 0 aliphatic carbocycles. The van der Waals surface area contributed by atoms with E-state index >= 15 is 0 Å². The Hall–Kier alpha value is -4.34.